The van der Waals surface area contributed by atoms with Crippen molar-refractivity contribution in [2.75, 3.05) is 27.2 Å². The highest BCUT2D eigenvalue weighted by atomic mass is 79.9. The monoisotopic (exact) mass is 346 g/mol. The molecular formula is C13H19BrN2O2S. The summed E-state index contributed by atoms with van der Waals surface area (Å²) in [6.07, 6.45) is 2.18. The van der Waals surface area contributed by atoms with Gasteiger partial charge in [0.15, 0.2) is 5.75 Å². The lowest BCUT2D eigenvalue weighted by Gasteiger charge is -2.32. The number of hydrogen-bond acceptors (Lipinski definition) is 4. The summed E-state index contributed by atoms with van der Waals surface area (Å²) in [6, 6.07) is 0.396. The third-order valence-electron chi connectivity index (χ3n) is 3.49. The van der Waals surface area contributed by atoms with Crippen molar-refractivity contribution in [1.29, 1.82) is 0 Å². The number of piperidine rings is 1. The Hall–Kier alpha value is -0.590. The fourth-order valence-corrected chi connectivity index (χ4v) is 4.08. The third-order valence-corrected chi connectivity index (χ3v) is 5.78. The molecule has 0 saturated carbocycles. The second-order valence-corrected chi connectivity index (χ2v) is 6.73. The number of carbonyl (C=O) groups is 1. The number of likely N-dealkylation sites (N-methyl/N-ethyl adjacent to an activating group) is 1. The molecule has 0 aliphatic carbocycles. The second kappa shape index (κ2) is 6.24. The number of likely N-dealkylation sites (tertiary alicyclic amines) is 1. The molecule has 1 aromatic heterocycles. The van der Waals surface area contributed by atoms with E-state index in [1.165, 1.54) is 11.3 Å². The molecule has 6 heteroatoms. The molecule has 1 aliphatic heterocycles. The Morgan fingerprint density at radius 2 is 2.32 bits per heavy atom. The molecule has 1 fully saturated rings. The number of methoxy groups -OCH3 is 1. The molecule has 2 heterocycles. The zero-order chi connectivity index (χ0) is 14.0. The van der Waals surface area contributed by atoms with Gasteiger partial charge in [-0.25, -0.2) is 0 Å². The molecule has 0 radical (unpaired) electrons. The predicted octanol–water partition coefficient (Wildman–Crippen LogP) is 2.65. The van der Waals surface area contributed by atoms with E-state index in [0.29, 0.717) is 16.7 Å². The van der Waals surface area contributed by atoms with Crippen LogP contribution in [0.25, 0.3) is 0 Å². The number of ether oxygens (including phenoxy) is 1. The van der Waals surface area contributed by atoms with Crippen LogP contribution in [-0.2, 0) is 0 Å². The van der Waals surface area contributed by atoms with Gasteiger partial charge in [-0.2, -0.15) is 0 Å². The molecule has 0 spiro atoms. The van der Waals surface area contributed by atoms with Crippen molar-refractivity contribution in [1.82, 2.24) is 10.2 Å². The van der Waals surface area contributed by atoms with E-state index in [2.05, 4.69) is 21.2 Å². The lowest BCUT2D eigenvalue weighted by Crippen LogP contribution is -2.46. The Bertz CT molecular complexity index is 475. The third kappa shape index (κ3) is 2.95. The summed E-state index contributed by atoms with van der Waals surface area (Å²) in [7, 11) is 3.56. The van der Waals surface area contributed by atoms with E-state index in [9.17, 15) is 4.79 Å². The van der Waals surface area contributed by atoms with Gasteiger partial charge in [0.1, 0.15) is 4.88 Å². The first-order valence-corrected chi connectivity index (χ1v) is 7.98. The van der Waals surface area contributed by atoms with Gasteiger partial charge >= 0.3 is 0 Å². The summed E-state index contributed by atoms with van der Waals surface area (Å²) >= 11 is 4.97. The molecule has 0 bridgehead atoms. The molecule has 106 valence electrons. The molecule has 1 saturated heterocycles. The highest BCUT2D eigenvalue weighted by Crippen LogP contribution is 2.39. The van der Waals surface area contributed by atoms with Crippen LogP contribution in [0.2, 0.25) is 0 Å². The smallest absolute Gasteiger partial charge is 0.267 e. The maximum absolute atomic E-state index is 12.6. The van der Waals surface area contributed by atoms with Crippen LogP contribution < -0.4 is 10.1 Å². The Morgan fingerprint density at radius 3 is 2.95 bits per heavy atom. The summed E-state index contributed by atoms with van der Waals surface area (Å²) in [6.45, 7) is 3.59. The highest BCUT2D eigenvalue weighted by Gasteiger charge is 2.28. The number of nitrogens with one attached hydrogen (secondary N) is 1. The van der Waals surface area contributed by atoms with Gasteiger partial charge in [-0.05, 0) is 42.7 Å². The van der Waals surface area contributed by atoms with Crippen LogP contribution in [-0.4, -0.2) is 44.1 Å². The Kier molecular flexibility index (Phi) is 4.86. The first-order valence-electron chi connectivity index (χ1n) is 6.37. The number of hydrogen-bond donors (Lipinski definition) is 1. The highest BCUT2D eigenvalue weighted by molar-refractivity contribution is 9.10. The first kappa shape index (κ1) is 14.8. The van der Waals surface area contributed by atoms with Crippen LogP contribution in [0.3, 0.4) is 0 Å². The minimum atomic E-state index is 0.0793. The van der Waals surface area contributed by atoms with Crippen molar-refractivity contribution in [3.05, 3.63) is 14.2 Å². The van der Waals surface area contributed by atoms with Crippen LogP contribution >= 0.6 is 27.3 Å². The zero-order valence-electron chi connectivity index (χ0n) is 11.5. The number of rotatable bonds is 3. The molecule has 1 N–H and O–H groups in total. The second-order valence-electron chi connectivity index (χ2n) is 4.71. The molecule has 2 rings (SSSR count). The summed E-state index contributed by atoms with van der Waals surface area (Å²) in [5.41, 5.74) is 0. The molecule has 1 amide bonds. The molecule has 4 nitrogen and oxygen atoms in total. The van der Waals surface area contributed by atoms with E-state index in [4.69, 9.17) is 4.74 Å². The zero-order valence-corrected chi connectivity index (χ0v) is 13.9. The van der Waals surface area contributed by atoms with Crippen LogP contribution in [0.1, 0.15) is 27.4 Å². The van der Waals surface area contributed by atoms with E-state index in [0.717, 1.165) is 35.3 Å². The van der Waals surface area contributed by atoms with Gasteiger partial charge in [0.25, 0.3) is 5.91 Å². The standard InChI is InChI=1S/C13H19BrN2O2S/c1-8-10(14)11(18-3)12(19-8)13(17)16-6-4-5-9(7-16)15-2/h9,15H,4-7H2,1-3H3/t9-/m0/s1. The maximum Gasteiger partial charge on any atom is 0.267 e. The van der Waals surface area contributed by atoms with Crippen LogP contribution in [0.15, 0.2) is 4.47 Å². The Balaban J connectivity index is 2.22. The van der Waals surface area contributed by atoms with Gasteiger partial charge in [0, 0.05) is 24.0 Å². The maximum atomic E-state index is 12.6. The lowest BCUT2D eigenvalue weighted by atomic mass is 10.1. The first-order chi connectivity index (χ1) is 9.08. The Morgan fingerprint density at radius 1 is 1.58 bits per heavy atom. The van der Waals surface area contributed by atoms with Gasteiger partial charge < -0.3 is 15.0 Å². The Labute approximate surface area is 126 Å². The van der Waals surface area contributed by atoms with Crippen molar-refractivity contribution < 1.29 is 9.53 Å². The summed E-state index contributed by atoms with van der Waals surface area (Å²) in [4.78, 5) is 16.3. The summed E-state index contributed by atoms with van der Waals surface area (Å²) in [5.74, 6) is 0.745. The van der Waals surface area contributed by atoms with Crippen LogP contribution in [0.5, 0.6) is 5.75 Å². The number of carbonyl (C=O) groups excluding carboxylic acids is 1. The summed E-state index contributed by atoms with van der Waals surface area (Å²) in [5, 5.41) is 3.25. The SMILES string of the molecule is CN[C@H]1CCCN(C(=O)c2sc(C)c(Br)c2OC)C1. The largest absolute Gasteiger partial charge is 0.494 e. The topological polar surface area (TPSA) is 41.6 Å². The van der Waals surface area contributed by atoms with Crippen molar-refractivity contribution in [2.24, 2.45) is 0 Å². The molecular weight excluding hydrogens is 328 g/mol. The molecule has 1 aromatic rings. The minimum absolute atomic E-state index is 0.0793. The van der Waals surface area contributed by atoms with E-state index in [1.54, 1.807) is 7.11 Å². The van der Waals surface area contributed by atoms with Crippen molar-refractivity contribution in [2.45, 2.75) is 25.8 Å². The fraction of sp³-hybridized carbons (Fsp3) is 0.615. The normalized spacial score (nSPS) is 19.6. The van der Waals surface area contributed by atoms with Gasteiger partial charge in [-0.1, -0.05) is 0 Å². The summed E-state index contributed by atoms with van der Waals surface area (Å²) < 4.78 is 6.26. The van der Waals surface area contributed by atoms with Crippen LogP contribution in [0, 0.1) is 6.92 Å². The average Bonchev–Trinajstić information content (AvgIpc) is 2.73. The molecule has 0 unspecified atom stereocenters. The van der Waals surface area contributed by atoms with Gasteiger partial charge in [-0.15, -0.1) is 11.3 Å². The fourth-order valence-electron chi connectivity index (χ4n) is 2.37. The van der Waals surface area contributed by atoms with Crippen molar-refractivity contribution in [3.8, 4) is 5.75 Å². The minimum Gasteiger partial charge on any atom is -0.494 e. The van der Waals surface area contributed by atoms with E-state index in [1.807, 2.05) is 18.9 Å². The predicted molar refractivity (Wildman–Crippen MR) is 81.3 cm³/mol. The van der Waals surface area contributed by atoms with Crippen LogP contribution in [0.4, 0.5) is 0 Å². The van der Waals surface area contributed by atoms with Crippen molar-refractivity contribution >= 4 is 33.2 Å². The average molecular weight is 347 g/mol. The number of thiophene rings is 1. The van der Waals surface area contributed by atoms with Gasteiger partial charge in [0.05, 0.1) is 11.6 Å². The van der Waals surface area contributed by atoms with Crippen molar-refractivity contribution in [3.63, 3.8) is 0 Å². The quantitative estimate of drug-likeness (QED) is 0.914. The van der Waals surface area contributed by atoms with E-state index < -0.39 is 0 Å². The van der Waals surface area contributed by atoms with Gasteiger partial charge in [-0.3, -0.25) is 4.79 Å². The number of halogens is 1. The molecule has 1 aliphatic rings. The molecule has 19 heavy (non-hydrogen) atoms. The lowest BCUT2D eigenvalue weighted by molar-refractivity contribution is 0.0700. The van der Waals surface area contributed by atoms with E-state index in [-0.39, 0.29) is 5.91 Å². The number of amides is 1. The van der Waals surface area contributed by atoms with Gasteiger partial charge in [0.2, 0.25) is 0 Å². The number of nitrogens with zero attached hydrogens (tertiary/aromatic N) is 1. The number of aryl methyl sites for hydroxylation is 1. The molecule has 1 atom stereocenters. The van der Waals surface area contributed by atoms with E-state index >= 15 is 0 Å². The molecule has 0 aromatic carbocycles.